The number of aromatic nitrogens is 2. The summed E-state index contributed by atoms with van der Waals surface area (Å²) in [7, 11) is 1.53. The van der Waals surface area contributed by atoms with Gasteiger partial charge in [0.15, 0.2) is 11.6 Å². The number of rotatable bonds is 4. The lowest BCUT2D eigenvalue weighted by Gasteiger charge is -2.08. The van der Waals surface area contributed by atoms with E-state index in [0.29, 0.717) is 27.7 Å². The third kappa shape index (κ3) is 2.69. The van der Waals surface area contributed by atoms with E-state index in [0.717, 1.165) is 0 Å². The summed E-state index contributed by atoms with van der Waals surface area (Å²) in [4.78, 5) is 23.4. The van der Waals surface area contributed by atoms with Crippen LogP contribution < -0.4 is 4.74 Å². The van der Waals surface area contributed by atoms with Crippen molar-refractivity contribution in [2.45, 2.75) is 20.8 Å². The highest BCUT2D eigenvalue weighted by Gasteiger charge is 2.22. The van der Waals surface area contributed by atoms with Crippen molar-refractivity contribution in [3.05, 3.63) is 40.2 Å². The second-order valence-electron chi connectivity index (χ2n) is 4.65. The molecule has 1 aromatic carbocycles. The van der Waals surface area contributed by atoms with Gasteiger partial charge in [0.25, 0.3) is 0 Å². The molecule has 0 saturated carbocycles. The van der Waals surface area contributed by atoms with Gasteiger partial charge < -0.3 is 4.74 Å². The minimum Gasteiger partial charge on any atom is -0.495 e. The zero-order valence-corrected chi connectivity index (χ0v) is 13.0. The van der Waals surface area contributed by atoms with Gasteiger partial charge in [-0.25, -0.2) is 4.68 Å². The molecule has 0 unspecified atom stereocenters. The Labute approximate surface area is 127 Å². The lowest BCUT2D eigenvalue weighted by atomic mass is 10.1. The van der Waals surface area contributed by atoms with Gasteiger partial charge in [-0.3, -0.25) is 9.59 Å². The fourth-order valence-corrected chi connectivity index (χ4v) is 2.46. The van der Waals surface area contributed by atoms with E-state index < -0.39 is 0 Å². The van der Waals surface area contributed by atoms with Crippen molar-refractivity contribution >= 4 is 23.2 Å². The summed E-state index contributed by atoms with van der Waals surface area (Å²) in [5.74, 6) is 0.106. The molecule has 0 saturated heterocycles. The standard InChI is InChI=1S/C15H15ClN2O3/c1-8-14(9(2)19)15(10(3)20)17-18(8)11-5-6-13(21-4)12(16)7-11/h5-7H,1-4H3. The number of hydrogen-bond acceptors (Lipinski definition) is 4. The first-order valence-corrected chi connectivity index (χ1v) is 6.70. The maximum atomic E-state index is 11.8. The normalized spacial score (nSPS) is 10.5. The summed E-state index contributed by atoms with van der Waals surface area (Å²) in [5, 5.41) is 4.67. The number of carbonyl (C=O) groups is 2. The molecule has 0 N–H and O–H groups in total. The van der Waals surface area contributed by atoms with Crippen molar-refractivity contribution in [2.75, 3.05) is 7.11 Å². The molecule has 0 radical (unpaired) electrons. The highest BCUT2D eigenvalue weighted by Crippen LogP contribution is 2.28. The van der Waals surface area contributed by atoms with Crippen LogP contribution in [0.2, 0.25) is 5.02 Å². The predicted molar refractivity (Wildman–Crippen MR) is 79.9 cm³/mol. The van der Waals surface area contributed by atoms with Crippen molar-refractivity contribution in [3.63, 3.8) is 0 Å². The topological polar surface area (TPSA) is 61.2 Å². The van der Waals surface area contributed by atoms with Crippen molar-refractivity contribution in [3.8, 4) is 11.4 Å². The quantitative estimate of drug-likeness (QED) is 0.814. The zero-order valence-electron chi connectivity index (χ0n) is 12.2. The Hall–Kier alpha value is -2.14. The maximum Gasteiger partial charge on any atom is 0.180 e. The van der Waals surface area contributed by atoms with E-state index >= 15 is 0 Å². The van der Waals surface area contributed by atoms with E-state index in [2.05, 4.69) is 5.10 Å². The molecule has 2 aromatic rings. The molecule has 0 aliphatic rings. The molecule has 6 heteroatoms. The summed E-state index contributed by atoms with van der Waals surface area (Å²) < 4.78 is 6.64. The third-order valence-electron chi connectivity index (χ3n) is 3.18. The molecule has 0 aliphatic heterocycles. The van der Waals surface area contributed by atoms with E-state index in [1.54, 1.807) is 29.8 Å². The molecule has 0 atom stereocenters. The van der Waals surface area contributed by atoms with E-state index in [1.807, 2.05) is 0 Å². The number of methoxy groups -OCH3 is 1. The first-order valence-electron chi connectivity index (χ1n) is 6.32. The van der Waals surface area contributed by atoms with E-state index in [4.69, 9.17) is 16.3 Å². The maximum absolute atomic E-state index is 11.8. The predicted octanol–water partition coefficient (Wildman–Crippen LogP) is 3.25. The Balaban J connectivity index is 2.65. The number of nitrogens with zero attached hydrogens (tertiary/aromatic N) is 2. The van der Waals surface area contributed by atoms with Crippen molar-refractivity contribution < 1.29 is 14.3 Å². The highest BCUT2D eigenvalue weighted by atomic mass is 35.5. The molecule has 0 bridgehead atoms. The van der Waals surface area contributed by atoms with Gasteiger partial charge in [0.1, 0.15) is 11.4 Å². The number of benzene rings is 1. The SMILES string of the molecule is COc1ccc(-n2nc(C(C)=O)c(C(C)=O)c2C)cc1Cl. The molecule has 5 nitrogen and oxygen atoms in total. The van der Waals surface area contributed by atoms with Crippen LogP contribution in [0, 0.1) is 6.92 Å². The number of hydrogen-bond donors (Lipinski definition) is 0. The van der Waals surface area contributed by atoms with Gasteiger partial charge in [-0.2, -0.15) is 5.10 Å². The molecule has 110 valence electrons. The monoisotopic (exact) mass is 306 g/mol. The summed E-state index contributed by atoms with van der Waals surface area (Å²) in [5.41, 5.74) is 1.78. The van der Waals surface area contributed by atoms with Crippen molar-refractivity contribution in [1.29, 1.82) is 0 Å². The highest BCUT2D eigenvalue weighted by molar-refractivity contribution is 6.32. The van der Waals surface area contributed by atoms with Crippen molar-refractivity contribution in [1.82, 2.24) is 9.78 Å². The van der Waals surface area contributed by atoms with E-state index in [9.17, 15) is 9.59 Å². The van der Waals surface area contributed by atoms with E-state index in [1.165, 1.54) is 21.0 Å². The summed E-state index contributed by atoms with van der Waals surface area (Å²) in [6.07, 6.45) is 0. The first-order chi connectivity index (χ1) is 9.86. The Morgan fingerprint density at radius 2 is 1.90 bits per heavy atom. The smallest absolute Gasteiger partial charge is 0.180 e. The Kier molecular flexibility index (Phi) is 4.14. The molecule has 0 amide bonds. The second kappa shape index (κ2) is 5.69. The lowest BCUT2D eigenvalue weighted by molar-refractivity contribution is 0.0978. The third-order valence-corrected chi connectivity index (χ3v) is 3.48. The second-order valence-corrected chi connectivity index (χ2v) is 5.06. The Morgan fingerprint density at radius 1 is 1.24 bits per heavy atom. The zero-order chi connectivity index (χ0) is 15.7. The minimum absolute atomic E-state index is 0.173. The summed E-state index contributed by atoms with van der Waals surface area (Å²) in [6.45, 7) is 4.55. The van der Waals surface area contributed by atoms with Crippen LogP contribution in [0.3, 0.4) is 0 Å². The molecule has 1 aromatic heterocycles. The molecular formula is C15H15ClN2O3. The number of Topliss-reactive ketones (excluding diaryl/α,β-unsaturated/α-hetero) is 2. The minimum atomic E-state index is -0.248. The van der Waals surface area contributed by atoms with Gasteiger partial charge in [0.05, 0.1) is 29.1 Å². The fraction of sp³-hybridized carbons (Fsp3) is 0.267. The summed E-state index contributed by atoms with van der Waals surface area (Å²) >= 11 is 6.10. The molecule has 21 heavy (non-hydrogen) atoms. The number of carbonyl (C=O) groups excluding carboxylic acids is 2. The van der Waals surface area contributed by atoms with Crippen LogP contribution in [0.25, 0.3) is 5.69 Å². The molecule has 0 spiro atoms. The van der Waals surface area contributed by atoms with Crippen LogP contribution in [0.1, 0.15) is 40.4 Å². The van der Waals surface area contributed by atoms with Crippen LogP contribution in [0.15, 0.2) is 18.2 Å². The van der Waals surface area contributed by atoms with Gasteiger partial charge >= 0.3 is 0 Å². The molecule has 0 aliphatic carbocycles. The van der Waals surface area contributed by atoms with E-state index in [-0.39, 0.29) is 17.3 Å². The van der Waals surface area contributed by atoms with Gasteiger partial charge in [0.2, 0.25) is 0 Å². The largest absolute Gasteiger partial charge is 0.495 e. The molecule has 1 heterocycles. The van der Waals surface area contributed by atoms with Gasteiger partial charge in [-0.1, -0.05) is 11.6 Å². The van der Waals surface area contributed by atoms with Gasteiger partial charge in [-0.05, 0) is 32.0 Å². The first kappa shape index (κ1) is 15.3. The molecule has 2 rings (SSSR count). The number of ketones is 2. The fourth-order valence-electron chi connectivity index (χ4n) is 2.21. The molecular weight excluding hydrogens is 292 g/mol. The Bertz CT molecular complexity index is 735. The van der Waals surface area contributed by atoms with Crippen molar-refractivity contribution in [2.24, 2.45) is 0 Å². The van der Waals surface area contributed by atoms with Gasteiger partial charge in [0, 0.05) is 6.92 Å². The van der Waals surface area contributed by atoms with Crippen LogP contribution in [-0.2, 0) is 0 Å². The number of ether oxygens (including phenoxy) is 1. The molecule has 0 fully saturated rings. The lowest BCUT2D eigenvalue weighted by Crippen LogP contribution is -2.02. The van der Waals surface area contributed by atoms with Crippen LogP contribution >= 0.6 is 11.6 Å². The van der Waals surface area contributed by atoms with Crippen LogP contribution in [0.4, 0.5) is 0 Å². The average molecular weight is 307 g/mol. The van der Waals surface area contributed by atoms with Crippen LogP contribution in [0.5, 0.6) is 5.75 Å². The summed E-state index contributed by atoms with van der Waals surface area (Å²) in [6, 6.07) is 5.15. The Morgan fingerprint density at radius 3 is 2.33 bits per heavy atom. The van der Waals surface area contributed by atoms with Crippen LogP contribution in [-0.4, -0.2) is 28.5 Å². The van der Waals surface area contributed by atoms with Gasteiger partial charge in [-0.15, -0.1) is 0 Å². The average Bonchev–Trinajstić information content (AvgIpc) is 2.76. The number of halogens is 1.